The molecule has 0 saturated carbocycles. The molecule has 2 N–H and O–H groups in total. The third-order valence-electron chi connectivity index (χ3n) is 4.24. The van der Waals surface area contributed by atoms with Gasteiger partial charge in [-0.15, -0.1) is 35.9 Å². The Bertz CT molecular complexity index is 1090. The van der Waals surface area contributed by atoms with E-state index in [1.54, 1.807) is 0 Å². The smallest absolute Gasteiger partial charge is 0.398 e. The largest absolute Gasteiger partial charge is 1.00 e. The third-order valence-corrected chi connectivity index (χ3v) is 4.24. The van der Waals surface area contributed by atoms with Crippen molar-refractivity contribution in [1.29, 1.82) is 0 Å². The fraction of sp³-hybridized carbons (Fsp3) is 0. The van der Waals surface area contributed by atoms with Crippen molar-refractivity contribution in [2.75, 3.05) is 5.73 Å². The second kappa shape index (κ2) is 7.08. The van der Waals surface area contributed by atoms with Gasteiger partial charge in [0.05, 0.1) is 5.70 Å². The number of nitrogens with two attached hydrogens (primary N) is 1. The Morgan fingerprint density at radius 1 is 0.926 bits per heavy atom. The molecule has 0 radical (unpaired) electrons. The molecule has 0 spiro atoms. The Labute approximate surface area is 178 Å². The Kier molecular flexibility index (Phi) is 4.61. The van der Waals surface area contributed by atoms with Crippen molar-refractivity contribution in [3.05, 3.63) is 83.6 Å². The quantitative estimate of drug-likeness (QED) is 0.460. The van der Waals surface area contributed by atoms with Crippen molar-refractivity contribution >= 4 is 35.4 Å². The maximum absolute atomic E-state index is 6.13. The van der Waals surface area contributed by atoms with Gasteiger partial charge in [0.15, 0.2) is 0 Å². The van der Waals surface area contributed by atoms with Gasteiger partial charge >= 0.3 is 29.6 Å². The summed E-state index contributed by atoms with van der Waals surface area (Å²) in [6, 6.07) is 18.6. The van der Waals surface area contributed by atoms with Crippen LogP contribution in [0.4, 0.5) is 5.69 Å². The number of aliphatic imine (C=N–C) groups is 4. The molecular weight excluding hydrogens is 347 g/mol. The molecule has 2 aromatic carbocycles. The molecule has 0 aromatic heterocycles. The number of hydrogen-bond donors (Lipinski definition) is 1. The average Bonchev–Trinajstić information content (AvgIpc) is 2.69. The Morgan fingerprint density at radius 3 is 2.59 bits per heavy atom. The zero-order valence-corrected chi connectivity index (χ0v) is 16.7. The first kappa shape index (κ1) is 17.6. The van der Waals surface area contributed by atoms with Gasteiger partial charge in [-0.1, -0.05) is 24.3 Å². The Balaban J connectivity index is 0.00000180. The predicted molar refractivity (Wildman–Crippen MR) is 104 cm³/mol. The number of allylic oxidation sites excluding steroid dienone is 2. The molecule has 3 heterocycles. The van der Waals surface area contributed by atoms with Gasteiger partial charge in [-0.25, -0.2) is 19.9 Å². The summed E-state index contributed by atoms with van der Waals surface area (Å²) in [5.41, 5.74) is 11.0. The van der Waals surface area contributed by atoms with Crippen LogP contribution in [0.1, 0.15) is 11.1 Å². The van der Waals surface area contributed by atoms with Gasteiger partial charge in [-0.05, 0) is 17.9 Å². The van der Waals surface area contributed by atoms with E-state index in [4.69, 9.17) is 5.73 Å². The maximum atomic E-state index is 6.13. The van der Waals surface area contributed by atoms with Crippen molar-refractivity contribution in [3.63, 3.8) is 0 Å². The van der Waals surface area contributed by atoms with Crippen molar-refractivity contribution < 1.29 is 29.6 Å². The van der Waals surface area contributed by atoms with Crippen LogP contribution in [0.5, 0.6) is 0 Å². The Morgan fingerprint density at radius 2 is 1.78 bits per heavy atom. The molecule has 7 heteroatoms. The molecule has 0 atom stereocenters. The van der Waals surface area contributed by atoms with Gasteiger partial charge in [-0.3, -0.25) is 4.99 Å². The summed E-state index contributed by atoms with van der Waals surface area (Å²) in [5, 5.41) is 0. The summed E-state index contributed by atoms with van der Waals surface area (Å²) in [7, 11) is 0. The third kappa shape index (κ3) is 3.08. The van der Waals surface area contributed by atoms with Gasteiger partial charge in [0.2, 0.25) is 11.9 Å². The molecule has 0 unspecified atom stereocenters. The van der Waals surface area contributed by atoms with E-state index in [1.165, 1.54) is 6.34 Å². The maximum Gasteiger partial charge on any atom is 1.00 e. The summed E-state index contributed by atoms with van der Waals surface area (Å²) in [5.74, 6) is 1.07. The fourth-order valence-corrected chi connectivity index (χ4v) is 3.02. The van der Waals surface area contributed by atoms with Gasteiger partial charge in [0.1, 0.15) is 6.34 Å². The van der Waals surface area contributed by atoms with Crippen LogP contribution >= 0.6 is 0 Å². The van der Waals surface area contributed by atoms with E-state index in [9.17, 15) is 0 Å². The number of benzene rings is 2. The van der Waals surface area contributed by atoms with Crippen LogP contribution < -0.4 is 35.3 Å². The van der Waals surface area contributed by atoms with Crippen LogP contribution in [-0.4, -0.2) is 28.9 Å². The number of para-hydroxylation sites is 1. The van der Waals surface area contributed by atoms with Gasteiger partial charge in [0, 0.05) is 16.9 Å². The molecule has 0 bridgehead atoms. The number of guanidine groups is 2. The fourth-order valence-electron chi connectivity index (χ4n) is 3.02. The average molecular weight is 360 g/mol. The van der Waals surface area contributed by atoms with Crippen LogP contribution in [0, 0.1) is 6.07 Å². The van der Waals surface area contributed by atoms with Gasteiger partial charge in [-0.2, -0.15) is 0 Å². The van der Waals surface area contributed by atoms with E-state index in [-0.39, 0.29) is 29.6 Å². The molecule has 3 aliphatic rings. The number of hydrogen-bond acceptors (Lipinski definition) is 6. The van der Waals surface area contributed by atoms with Crippen LogP contribution in [0.2, 0.25) is 0 Å². The van der Waals surface area contributed by atoms with Gasteiger partial charge in [0.25, 0.3) is 0 Å². The zero-order chi connectivity index (χ0) is 17.5. The number of nitrogen functional groups attached to an aromatic ring is 1. The van der Waals surface area contributed by atoms with E-state index < -0.39 is 0 Å². The summed E-state index contributed by atoms with van der Waals surface area (Å²) < 4.78 is 0. The number of anilines is 1. The molecule has 5 rings (SSSR count). The summed E-state index contributed by atoms with van der Waals surface area (Å²) in [4.78, 5) is 19.7. The molecule has 6 nitrogen and oxygen atoms in total. The minimum Gasteiger partial charge on any atom is -0.398 e. The minimum atomic E-state index is 0. The second-order valence-corrected chi connectivity index (χ2v) is 5.88. The molecule has 0 aliphatic carbocycles. The molecule has 124 valence electrons. The van der Waals surface area contributed by atoms with E-state index in [2.05, 4.69) is 26.0 Å². The zero-order valence-electron chi connectivity index (χ0n) is 14.7. The molecule has 3 aliphatic heterocycles. The molecule has 0 fully saturated rings. The van der Waals surface area contributed by atoms with Crippen molar-refractivity contribution in [1.82, 2.24) is 4.90 Å². The van der Waals surface area contributed by atoms with E-state index in [0.29, 0.717) is 17.6 Å². The normalized spacial score (nSPS) is 16.9. The monoisotopic (exact) mass is 360 g/mol. The first-order valence-electron chi connectivity index (χ1n) is 8.13. The van der Waals surface area contributed by atoms with Crippen LogP contribution in [0.15, 0.2) is 86.3 Å². The van der Waals surface area contributed by atoms with Crippen molar-refractivity contribution in [2.45, 2.75) is 0 Å². The minimum absolute atomic E-state index is 0. The molecule has 27 heavy (non-hydrogen) atoms. The number of rotatable bonds is 2. The Hall–Kier alpha value is -2.80. The molecule has 2 aromatic rings. The topological polar surface area (TPSA) is 78.7 Å². The second-order valence-electron chi connectivity index (χ2n) is 5.88. The van der Waals surface area contributed by atoms with Crippen LogP contribution in [-0.2, 0) is 0 Å². The number of nitrogens with zero attached hydrogens (tertiary/aromatic N) is 5. The SMILES string of the molecule is Nc1ccccc1C1=CC2=CC(c3[c-]cccc3)=NC3=NC=NC(=N1)N23.[Na+]. The van der Waals surface area contributed by atoms with Gasteiger partial charge < -0.3 is 5.73 Å². The summed E-state index contributed by atoms with van der Waals surface area (Å²) in [6.07, 6.45) is 5.43. The predicted octanol–water partition coefficient (Wildman–Crippen LogP) is -0.130. The van der Waals surface area contributed by atoms with E-state index in [1.807, 2.05) is 65.6 Å². The standard InChI is InChI=1S/C20H13N6.Na/c21-16-9-5-4-8-15(16)18-11-14-10-17(13-6-2-1-3-7-13)24-19-22-12-23-20(25-18)26(14)19;/h1-6,8-12H,21H2;/q-1;+1. The molecule has 0 amide bonds. The summed E-state index contributed by atoms with van der Waals surface area (Å²) >= 11 is 0. The first-order valence-corrected chi connectivity index (χ1v) is 8.13. The van der Waals surface area contributed by atoms with Crippen LogP contribution in [0.3, 0.4) is 0 Å². The summed E-state index contributed by atoms with van der Waals surface area (Å²) in [6.45, 7) is 0. The molecular formula is C20H13N6Na. The van der Waals surface area contributed by atoms with Crippen molar-refractivity contribution in [2.24, 2.45) is 20.0 Å². The van der Waals surface area contributed by atoms with E-state index in [0.717, 1.165) is 28.2 Å². The molecule has 0 saturated heterocycles. The van der Waals surface area contributed by atoms with Crippen molar-refractivity contribution in [3.8, 4) is 0 Å². The van der Waals surface area contributed by atoms with E-state index >= 15 is 0 Å². The first-order chi connectivity index (χ1) is 12.8. The van der Waals surface area contributed by atoms with Crippen LogP contribution in [0.25, 0.3) is 5.70 Å².